The van der Waals surface area contributed by atoms with E-state index in [9.17, 15) is 32.3 Å². The molecule has 2 aliphatic rings. The number of halogens is 1. The predicted octanol–water partition coefficient (Wildman–Crippen LogP) is 1.36. The van der Waals surface area contributed by atoms with Crippen molar-refractivity contribution >= 4 is 44.2 Å². The maximum atomic E-state index is 13.6. The molecule has 3 atom stereocenters. The zero-order chi connectivity index (χ0) is 32.3. The number of nitrogens with two attached hydrogens (primary N) is 1. The Hall–Kier alpha value is -3.60. The van der Waals surface area contributed by atoms with Crippen molar-refractivity contribution in [1.29, 1.82) is 0 Å². The van der Waals surface area contributed by atoms with Crippen LogP contribution in [0.2, 0.25) is 0 Å². The molecule has 0 radical (unpaired) electrons. The zero-order valence-electron chi connectivity index (χ0n) is 24.9. The molecule has 0 bridgehead atoms. The molecule has 2 aliphatic heterocycles. The van der Waals surface area contributed by atoms with Crippen LogP contribution in [0.5, 0.6) is 5.75 Å². The average molecular weight is 652 g/mol. The summed E-state index contributed by atoms with van der Waals surface area (Å²) in [6.45, 7) is 6.12. The van der Waals surface area contributed by atoms with Crippen molar-refractivity contribution in [1.82, 2.24) is 28.5 Å². The molecule has 0 aliphatic carbocycles. The monoisotopic (exact) mass is 651 g/mol. The van der Waals surface area contributed by atoms with Crippen LogP contribution >= 0.6 is 10.7 Å². The van der Waals surface area contributed by atoms with Crippen LogP contribution in [0, 0.1) is 17.7 Å². The number of rotatable bonds is 6. The van der Waals surface area contributed by atoms with E-state index < -0.39 is 49.4 Å². The molecule has 2 saturated heterocycles. The first-order valence-corrected chi connectivity index (χ1v) is 17.1. The van der Waals surface area contributed by atoms with Crippen molar-refractivity contribution in [2.45, 2.75) is 44.7 Å². The Labute approximate surface area is 257 Å². The molecule has 2 fully saturated rings. The smallest absolute Gasteiger partial charge is 0.302 e. The number of nitrogens with zero attached hydrogens (tertiary/aromatic N) is 5. The molecule has 16 heteroatoms. The summed E-state index contributed by atoms with van der Waals surface area (Å²) in [7, 11) is -2.17. The van der Waals surface area contributed by atoms with Crippen LogP contribution in [0.15, 0.2) is 40.3 Å². The molecule has 0 saturated carbocycles. The SMILES string of the molecule is C=S(N)c1cc(F)ccc1CNC(=O)c1nc2n(CC(=O)N3CC(C)CC(C)C3)ccn2c(=O)c1O.CN1CCCS1(=O)=O. The van der Waals surface area contributed by atoms with Gasteiger partial charge in [0.2, 0.25) is 27.5 Å². The van der Waals surface area contributed by atoms with Gasteiger partial charge < -0.3 is 19.9 Å². The van der Waals surface area contributed by atoms with Crippen LogP contribution < -0.4 is 16.0 Å². The van der Waals surface area contributed by atoms with Crippen LogP contribution in [0.3, 0.4) is 0 Å². The third-order valence-electron chi connectivity index (χ3n) is 7.57. The number of nitrogens with one attached hydrogen (secondary N) is 1. The molecule has 240 valence electrons. The van der Waals surface area contributed by atoms with Crippen LogP contribution in [-0.2, 0) is 27.9 Å². The van der Waals surface area contributed by atoms with Crippen molar-refractivity contribution in [3.05, 3.63) is 58.0 Å². The lowest BCUT2D eigenvalue weighted by atomic mass is 9.92. The Morgan fingerprint density at radius 1 is 1.23 bits per heavy atom. The number of imidazole rings is 1. The average Bonchev–Trinajstić information content (AvgIpc) is 3.50. The summed E-state index contributed by atoms with van der Waals surface area (Å²) in [5, 5.41) is 18.8. The van der Waals surface area contributed by atoms with E-state index in [0.29, 0.717) is 47.7 Å². The highest BCUT2D eigenvalue weighted by atomic mass is 32.2. The van der Waals surface area contributed by atoms with Gasteiger partial charge in [0.05, 0.1) is 5.75 Å². The molecule has 1 aromatic carbocycles. The second-order valence-corrected chi connectivity index (χ2v) is 14.8. The summed E-state index contributed by atoms with van der Waals surface area (Å²) < 4.78 is 38.9. The van der Waals surface area contributed by atoms with Crippen molar-refractivity contribution < 1.29 is 27.5 Å². The van der Waals surface area contributed by atoms with Gasteiger partial charge >= 0.3 is 5.56 Å². The van der Waals surface area contributed by atoms with Crippen molar-refractivity contribution in [2.75, 3.05) is 32.4 Å². The summed E-state index contributed by atoms with van der Waals surface area (Å²) in [4.78, 5) is 45.0. The van der Waals surface area contributed by atoms with Gasteiger partial charge in [-0.05, 0) is 42.4 Å². The van der Waals surface area contributed by atoms with Crippen molar-refractivity contribution in [2.24, 2.45) is 17.0 Å². The summed E-state index contributed by atoms with van der Waals surface area (Å²) >= 11 is 0. The normalized spacial score (nSPS) is 20.6. The lowest BCUT2D eigenvalue weighted by molar-refractivity contribution is -0.134. The van der Waals surface area contributed by atoms with E-state index >= 15 is 0 Å². The first kappa shape index (κ1) is 33.3. The highest BCUT2D eigenvalue weighted by molar-refractivity contribution is 8.12. The molecule has 44 heavy (non-hydrogen) atoms. The summed E-state index contributed by atoms with van der Waals surface area (Å²) in [6, 6.07) is 3.96. The van der Waals surface area contributed by atoms with Crippen molar-refractivity contribution in [3.8, 4) is 5.75 Å². The first-order chi connectivity index (χ1) is 20.7. The topological polar surface area (TPSA) is 172 Å². The minimum atomic E-state index is -2.79. The quantitative estimate of drug-likeness (QED) is 0.335. The Kier molecular flexibility index (Phi) is 10.3. The fraction of sp³-hybridized carbons (Fsp3) is 0.464. The van der Waals surface area contributed by atoms with Crippen LogP contribution in [-0.4, -0.2) is 86.8 Å². The molecular formula is C28H38FN7O6S2. The molecule has 4 heterocycles. The van der Waals surface area contributed by atoms with E-state index in [0.717, 1.165) is 17.2 Å². The lowest BCUT2D eigenvalue weighted by Gasteiger charge is -2.35. The number of carbonyl (C=O) groups excluding carboxylic acids is 2. The molecule has 5 rings (SSSR count). The summed E-state index contributed by atoms with van der Waals surface area (Å²) in [5.41, 5.74) is -0.764. The van der Waals surface area contributed by atoms with E-state index in [2.05, 4.69) is 30.0 Å². The third-order valence-corrected chi connectivity index (χ3v) is 10.5. The van der Waals surface area contributed by atoms with Crippen molar-refractivity contribution in [3.63, 3.8) is 0 Å². The summed E-state index contributed by atoms with van der Waals surface area (Å²) in [6.07, 6.45) is 4.76. The molecule has 4 N–H and O–H groups in total. The van der Waals surface area contributed by atoms with Crippen LogP contribution in [0.25, 0.3) is 5.78 Å². The van der Waals surface area contributed by atoms with Gasteiger partial charge in [0, 0.05) is 50.5 Å². The van der Waals surface area contributed by atoms with E-state index in [1.54, 1.807) is 11.9 Å². The minimum Gasteiger partial charge on any atom is -0.501 e. The van der Waals surface area contributed by atoms with Gasteiger partial charge in [0.25, 0.3) is 5.91 Å². The number of hydrogen-bond donors (Lipinski definition) is 3. The number of aromatic nitrogens is 3. The standard InChI is InChI=1S/C24H29FN6O4S.C4H9NO2S/c1-14-8-15(2)12-30(11-14)19(32)13-29-6-7-31-23(35)21(33)20(28-24(29)31)22(34)27-10-16-4-5-17(25)9-18(16)36(3)26;1-5-3-2-4-8(5,6)7/h4-7,9,14-15,33H,3,8,10-13,26H2,1-2H3,(H,27,34);2-4H2,1H3. The maximum absolute atomic E-state index is 13.6. The van der Waals surface area contributed by atoms with Gasteiger partial charge in [-0.15, -0.1) is 0 Å². The maximum Gasteiger partial charge on any atom is 0.302 e. The fourth-order valence-electron chi connectivity index (χ4n) is 5.40. The zero-order valence-corrected chi connectivity index (χ0v) is 26.5. The Morgan fingerprint density at radius 3 is 2.48 bits per heavy atom. The number of benzene rings is 1. The van der Waals surface area contributed by atoms with Gasteiger partial charge in [0.15, 0.2) is 5.69 Å². The third kappa shape index (κ3) is 7.54. The number of hydrogen-bond acceptors (Lipinski definition) is 8. The highest BCUT2D eigenvalue weighted by Gasteiger charge is 2.27. The first-order valence-electron chi connectivity index (χ1n) is 14.0. The number of amides is 2. The van der Waals surface area contributed by atoms with Gasteiger partial charge in [-0.2, -0.15) is 0 Å². The number of sulfonamides is 1. The minimum absolute atomic E-state index is 0.0457. The number of likely N-dealkylation sites (tertiary alicyclic amines) is 1. The van der Waals surface area contributed by atoms with Gasteiger partial charge in [0.1, 0.15) is 12.4 Å². The largest absolute Gasteiger partial charge is 0.501 e. The highest BCUT2D eigenvalue weighted by Crippen LogP contribution is 2.24. The summed E-state index contributed by atoms with van der Waals surface area (Å²) in [5.74, 6) is 2.69. The number of carbonyl (C=O) groups is 2. The lowest BCUT2D eigenvalue weighted by Crippen LogP contribution is -2.44. The fourth-order valence-corrected chi connectivity index (χ4v) is 7.35. The molecule has 13 nitrogen and oxygen atoms in total. The van der Waals surface area contributed by atoms with Gasteiger partial charge in [-0.25, -0.2) is 26.5 Å². The van der Waals surface area contributed by atoms with Crippen LogP contribution in [0.1, 0.15) is 42.7 Å². The van der Waals surface area contributed by atoms with Gasteiger partial charge in [-0.1, -0.05) is 36.5 Å². The number of fused-ring (bicyclic) bond motifs is 1. The second kappa shape index (κ2) is 13.6. The number of piperidine rings is 1. The molecule has 3 aromatic rings. The molecular weight excluding hydrogens is 613 g/mol. The van der Waals surface area contributed by atoms with E-state index in [4.69, 9.17) is 5.14 Å². The Balaban J connectivity index is 0.000000479. The number of aromatic hydroxyl groups is 1. The Morgan fingerprint density at radius 2 is 1.91 bits per heavy atom. The molecule has 0 spiro atoms. The molecule has 2 amide bonds. The predicted molar refractivity (Wildman–Crippen MR) is 166 cm³/mol. The van der Waals surface area contributed by atoms with E-state index in [-0.39, 0.29) is 24.8 Å². The van der Waals surface area contributed by atoms with Gasteiger partial charge in [-0.3, -0.25) is 19.5 Å². The Bertz CT molecular complexity index is 1750. The van der Waals surface area contributed by atoms with E-state index in [1.165, 1.54) is 39.5 Å². The van der Waals surface area contributed by atoms with E-state index in [1.807, 2.05) is 0 Å². The molecule has 2 aromatic heterocycles. The van der Waals surface area contributed by atoms with Crippen LogP contribution in [0.4, 0.5) is 4.39 Å². The second-order valence-electron chi connectivity index (χ2n) is 11.3. The molecule has 3 unspecified atom stereocenters.